The first-order chi connectivity index (χ1) is 8.81. The fourth-order valence-corrected chi connectivity index (χ4v) is 2.87. The molecular formula is C12H12N4OS. The summed E-state index contributed by atoms with van der Waals surface area (Å²) in [7, 11) is 0. The number of thiophene rings is 1. The van der Waals surface area contributed by atoms with Crippen molar-refractivity contribution in [3.63, 3.8) is 0 Å². The van der Waals surface area contributed by atoms with Crippen LogP contribution in [0.2, 0.25) is 0 Å². The average molecular weight is 260 g/mol. The van der Waals surface area contributed by atoms with E-state index in [0.29, 0.717) is 12.8 Å². The van der Waals surface area contributed by atoms with Crippen molar-refractivity contribution in [2.24, 2.45) is 5.10 Å². The van der Waals surface area contributed by atoms with Crippen LogP contribution in [-0.4, -0.2) is 21.6 Å². The Morgan fingerprint density at radius 3 is 3.00 bits per heavy atom. The predicted octanol–water partition coefficient (Wildman–Crippen LogP) is 1.68. The molecule has 2 aromatic heterocycles. The van der Waals surface area contributed by atoms with Crippen LogP contribution in [0.5, 0.6) is 0 Å². The van der Waals surface area contributed by atoms with E-state index < -0.39 is 0 Å². The van der Waals surface area contributed by atoms with Crippen LogP contribution in [0.25, 0.3) is 0 Å². The predicted molar refractivity (Wildman–Crippen MR) is 69.6 cm³/mol. The summed E-state index contributed by atoms with van der Waals surface area (Å²) in [6.07, 6.45) is 5.61. The maximum Gasteiger partial charge on any atom is 0.240 e. The van der Waals surface area contributed by atoms with Gasteiger partial charge in [0.1, 0.15) is 5.82 Å². The van der Waals surface area contributed by atoms with Crippen LogP contribution in [0.1, 0.15) is 28.4 Å². The Labute approximate surface area is 108 Å². The number of nitrogens with zero attached hydrogens (tertiary/aromatic N) is 2. The largest absolute Gasteiger partial charge is 0.348 e. The number of imidazole rings is 1. The minimum Gasteiger partial charge on any atom is -0.348 e. The molecule has 18 heavy (non-hydrogen) atoms. The molecule has 0 atom stereocenters. The number of amides is 1. The topological polar surface area (TPSA) is 70.1 Å². The zero-order valence-corrected chi connectivity index (χ0v) is 10.5. The van der Waals surface area contributed by atoms with E-state index in [1.54, 1.807) is 17.5 Å². The van der Waals surface area contributed by atoms with Gasteiger partial charge in [-0.15, -0.1) is 11.3 Å². The molecule has 3 rings (SSSR count). The molecule has 92 valence electrons. The second-order valence-electron chi connectivity index (χ2n) is 4.07. The Balaban J connectivity index is 1.75. The number of hydrazone groups is 1. The number of nitrogens with one attached hydrogen (secondary N) is 2. The third kappa shape index (κ3) is 2.33. The zero-order chi connectivity index (χ0) is 12.4. The standard InChI is InChI=1S/C12H12N4OS/c17-12-4-2-9(15-16-12)10-3-1-8(18-10)7-11-13-5-6-14-11/h1,3,5-6H,2,4,7H2,(H,13,14)(H,16,17). The molecule has 1 aliphatic heterocycles. The SMILES string of the molecule is O=C1CCC(c2ccc(Cc3ncc[nH]3)s2)=NN1. The monoisotopic (exact) mass is 260 g/mol. The molecule has 2 aromatic rings. The van der Waals surface area contributed by atoms with Gasteiger partial charge in [0.2, 0.25) is 5.91 Å². The zero-order valence-electron chi connectivity index (χ0n) is 9.64. The van der Waals surface area contributed by atoms with E-state index in [4.69, 9.17) is 0 Å². The lowest BCUT2D eigenvalue weighted by Crippen LogP contribution is -2.25. The van der Waals surface area contributed by atoms with Crippen LogP contribution in [0.15, 0.2) is 29.6 Å². The van der Waals surface area contributed by atoms with Gasteiger partial charge >= 0.3 is 0 Å². The van der Waals surface area contributed by atoms with Crippen molar-refractivity contribution in [3.8, 4) is 0 Å². The Morgan fingerprint density at radius 1 is 1.33 bits per heavy atom. The molecule has 5 nitrogen and oxygen atoms in total. The second-order valence-corrected chi connectivity index (χ2v) is 5.24. The number of hydrogen-bond donors (Lipinski definition) is 2. The highest BCUT2D eigenvalue weighted by Gasteiger charge is 2.15. The van der Waals surface area contributed by atoms with E-state index in [1.807, 2.05) is 6.20 Å². The Bertz CT molecular complexity index is 585. The van der Waals surface area contributed by atoms with Gasteiger partial charge in [-0.3, -0.25) is 4.79 Å². The highest BCUT2D eigenvalue weighted by molar-refractivity contribution is 7.14. The molecule has 0 saturated heterocycles. The van der Waals surface area contributed by atoms with E-state index in [2.05, 4.69) is 32.6 Å². The van der Waals surface area contributed by atoms with Gasteiger partial charge in [-0.1, -0.05) is 0 Å². The summed E-state index contributed by atoms with van der Waals surface area (Å²) < 4.78 is 0. The van der Waals surface area contributed by atoms with Crippen LogP contribution in [0, 0.1) is 0 Å². The quantitative estimate of drug-likeness (QED) is 0.881. The van der Waals surface area contributed by atoms with E-state index in [0.717, 1.165) is 22.8 Å². The van der Waals surface area contributed by atoms with Gasteiger partial charge in [0.05, 0.1) is 10.6 Å². The molecular weight excluding hydrogens is 248 g/mol. The first kappa shape index (κ1) is 11.2. The molecule has 0 unspecified atom stereocenters. The maximum atomic E-state index is 11.0. The van der Waals surface area contributed by atoms with E-state index in [9.17, 15) is 4.79 Å². The van der Waals surface area contributed by atoms with Crippen LogP contribution >= 0.6 is 11.3 Å². The van der Waals surface area contributed by atoms with Crippen LogP contribution in [-0.2, 0) is 11.2 Å². The summed E-state index contributed by atoms with van der Waals surface area (Å²) in [6, 6.07) is 4.14. The van der Waals surface area contributed by atoms with Crippen LogP contribution in [0.4, 0.5) is 0 Å². The third-order valence-electron chi connectivity index (χ3n) is 2.75. The number of carbonyl (C=O) groups excluding carboxylic acids is 1. The second kappa shape index (κ2) is 4.73. The van der Waals surface area contributed by atoms with Crippen molar-refractivity contribution in [2.75, 3.05) is 0 Å². The number of carbonyl (C=O) groups is 1. The van der Waals surface area contributed by atoms with Gasteiger partial charge in [0.25, 0.3) is 0 Å². The minimum atomic E-state index is -0.00823. The number of hydrogen-bond acceptors (Lipinski definition) is 4. The summed E-state index contributed by atoms with van der Waals surface area (Å²) in [5, 5.41) is 4.10. The van der Waals surface area contributed by atoms with E-state index >= 15 is 0 Å². The van der Waals surface area contributed by atoms with Crippen molar-refractivity contribution in [3.05, 3.63) is 40.1 Å². The molecule has 3 heterocycles. The van der Waals surface area contributed by atoms with E-state index in [-0.39, 0.29) is 5.91 Å². The summed E-state index contributed by atoms with van der Waals surface area (Å²) in [6.45, 7) is 0. The molecule has 6 heteroatoms. The molecule has 0 saturated carbocycles. The molecule has 1 aliphatic rings. The molecule has 0 fully saturated rings. The fourth-order valence-electron chi connectivity index (χ4n) is 1.84. The molecule has 0 radical (unpaired) electrons. The lowest BCUT2D eigenvalue weighted by atomic mass is 10.1. The van der Waals surface area contributed by atoms with Crippen molar-refractivity contribution in [1.82, 2.24) is 15.4 Å². The summed E-state index contributed by atoms with van der Waals surface area (Å²) in [4.78, 5) is 20.7. The maximum absolute atomic E-state index is 11.0. The van der Waals surface area contributed by atoms with Crippen molar-refractivity contribution in [1.29, 1.82) is 0 Å². The molecule has 0 aromatic carbocycles. The summed E-state index contributed by atoms with van der Waals surface area (Å²) in [5.41, 5.74) is 3.49. The fraction of sp³-hybridized carbons (Fsp3) is 0.250. The van der Waals surface area contributed by atoms with E-state index in [1.165, 1.54) is 4.88 Å². The van der Waals surface area contributed by atoms with Gasteiger partial charge in [-0.05, 0) is 12.1 Å². The van der Waals surface area contributed by atoms with Crippen LogP contribution in [0.3, 0.4) is 0 Å². The third-order valence-corrected chi connectivity index (χ3v) is 3.88. The van der Waals surface area contributed by atoms with Crippen molar-refractivity contribution >= 4 is 23.0 Å². The van der Waals surface area contributed by atoms with Crippen molar-refractivity contribution in [2.45, 2.75) is 19.3 Å². The normalized spacial score (nSPS) is 15.3. The molecule has 0 bridgehead atoms. The Kier molecular flexibility index (Phi) is 2.93. The van der Waals surface area contributed by atoms with Crippen molar-refractivity contribution < 1.29 is 4.79 Å². The number of aromatic nitrogens is 2. The highest BCUT2D eigenvalue weighted by Crippen LogP contribution is 2.22. The minimum absolute atomic E-state index is 0.00823. The number of H-pyrrole nitrogens is 1. The lowest BCUT2D eigenvalue weighted by molar-refractivity contribution is -0.121. The first-order valence-corrected chi connectivity index (χ1v) is 6.55. The lowest BCUT2D eigenvalue weighted by Gasteiger charge is -2.09. The van der Waals surface area contributed by atoms with Gasteiger partial charge < -0.3 is 4.98 Å². The number of rotatable bonds is 3. The summed E-state index contributed by atoms with van der Waals surface area (Å²) in [5.74, 6) is 0.952. The van der Waals surface area contributed by atoms with Gasteiger partial charge in [0, 0.05) is 36.5 Å². The van der Waals surface area contributed by atoms with Crippen LogP contribution < -0.4 is 5.43 Å². The molecule has 0 aliphatic carbocycles. The Hall–Kier alpha value is -1.95. The van der Waals surface area contributed by atoms with Gasteiger partial charge in [0.15, 0.2) is 0 Å². The molecule has 2 N–H and O–H groups in total. The highest BCUT2D eigenvalue weighted by atomic mass is 32.1. The van der Waals surface area contributed by atoms with Gasteiger partial charge in [-0.2, -0.15) is 5.10 Å². The smallest absolute Gasteiger partial charge is 0.240 e. The first-order valence-electron chi connectivity index (χ1n) is 5.74. The number of aromatic amines is 1. The van der Waals surface area contributed by atoms with Gasteiger partial charge in [-0.25, -0.2) is 10.4 Å². The molecule has 0 spiro atoms. The summed E-state index contributed by atoms with van der Waals surface area (Å²) >= 11 is 1.70. The Morgan fingerprint density at radius 2 is 2.28 bits per heavy atom. The molecule has 1 amide bonds. The average Bonchev–Trinajstić information content (AvgIpc) is 3.02.